The van der Waals surface area contributed by atoms with Crippen molar-refractivity contribution in [2.75, 3.05) is 11.4 Å². The number of hydrogen-bond acceptors (Lipinski definition) is 4. The van der Waals surface area contributed by atoms with Gasteiger partial charge in [0.05, 0.1) is 6.54 Å². The molecular weight excluding hydrogens is 356 g/mol. The van der Waals surface area contributed by atoms with E-state index in [-0.39, 0.29) is 18.3 Å². The Bertz CT molecular complexity index is 764. The molecule has 3 rings (SSSR count). The maximum Gasteiger partial charge on any atom is 0.387 e. The molecule has 2 heterocycles. The third-order valence-corrected chi connectivity index (χ3v) is 4.43. The summed E-state index contributed by atoms with van der Waals surface area (Å²) in [4.78, 5) is 14.1. The smallest absolute Gasteiger partial charge is 0.387 e. The molecule has 1 aromatic carbocycles. The number of nitrogens with one attached hydrogen (secondary N) is 1. The van der Waals surface area contributed by atoms with Crippen LogP contribution in [-0.2, 0) is 19.5 Å². The quantitative estimate of drug-likeness (QED) is 0.836. The van der Waals surface area contributed by atoms with Crippen LogP contribution in [0.5, 0.6) is 5.75 Å². The van der Waals surface area contributed by atoms with Crippen LogP contribution in [-0.4, -0.2) is 34.0 Å². The minimum Gasteiger partial charge on any atom is -0.435 e. The van der Waals surface area contributed by atoms with Gasteiger partial charge in [-0.05, 0) is 44.0 Å². The lowest BCUT2D eigenvalue weighted by molar-refractivity contribution is -0.0498. The van der Waals surface area contributed by atoms with Crippen LogP contribution in [0.3, 0.4) is 0 Å². The Balaban J connectivity index is 1.84. The highest BCUT2D eigenvalue weighted by molar-refractivity contribution is 5.91. The molecule has 0 bridgehead atoms. The maximum atomic E-state index is 12.6. The third-order valence-electron chi connectivity index (χ3n) is 4.43. The second-order valence-corrected chi connectivity index (χ2v) is 6.29. The molecule has 146 valence electrons. The normalized spacial score (nSPS) is 13.8. The molecule has 0 fully saturated rings. The number of anilines is 1. The van der Waals surface area contributed by atoms with Crippen LogP contribution in [0.15, 0.2) is 24.3 Å². The largest absolute Gasteiger partial charge is 0.435 e. The Morgan fingerprint density at radius 3 is 2.74 bits per heavy atom. The molecular formula is C18H23F2N5O2. The van der Waals surface area contributed by atoms with E-state index in [4.69, 9.17) is 0 Å². The van der Waals surface area contributed by atoms with Gasteiger partial charge in [-0.15, -0.1) is 10.2 Å². The Kier molecular flexibility index (Phi) is 6.20. The average Bonchev–Trinajstić information content (AvgIpc) is 2.86. The monoisotopic (exact) mass is 379 g/mol. The van der Waals surface area contributed by atoms with Crippen LogP contribution in [0.4, 0.5) is 19.3 Å². The topological polar surface area (TPSA) is 72.3 Å². The van der Waals surface area contributed by atoms with Gasteiger partial charge in [0.25, 0.3) is 0 Å². The summed E-state index contributed by atoms with van der Waals surface area (Å²) < 4.78 is 31.1. The van der Waals surface area contributed by atoms with E-state index in [0.29, 0.717) is 18.1 Å². The van der Waals surface area contributed by atoms with E-state index in [9.17, 15) is 13.6 Å². The number of urea groups is 1. The van der Waals surface area contributed by atoms with Crippen molar-refractivity contribution in [3.63, 3.8) is 0 Å². The van der Waals surface area contributed by atoms with Gasteiger partial charge >= 0.3 is 12.6 Å². The van der Waals surface area contributed by atoms with Gasteiger partial charge in [-0.3, -0.25) is 4.90 Å². The van der Waals surface area contributed by atoms with Gasteiger partial charge in [0.15, 0.2) is 5.82 Å². The molecule has 1 aromatic heterocycles. The number of aryl methyl sites for hydroxylation is 1. The van der Waals surface area contributed by atoms with Gasteiger partial charge in [-0.1, -0.05) is 6.42 Å². The van der Waals surface area contributed by atoms with Crippen molar-refractivity contribution in [2.45, 2.75) is 52.3 Å². The van der Waals surface area contributed by atoms with E-state index < -0.39 is 6.61 Å². The summed E-state index contributed by atoms with van der Waals surface area (Å²) >= 11 is 0. The molecule has 0 unspecified atom stereocenters. The van der Waals surface area contributed by atoms with E-state index in [1.807, 2.05) is 6.92 Å². The standard InChI is InChI=1S/C18H23F2N5O2/c1-2-21-18(26)25(13-7-9-14(10-8-13)27-17(19)20)12-16-23-22-15-6-4-3-5-11-24(15)16/h7-10,17H,2-6,11-12H2,1H3,(H,21,26). The SMILES string of the molecule is CCNC(=O)N(Cc1nnc2n1CCCCC2)c1ccc(OC(F)F)cc1. The Hall–Kier alpha value is -2.71. The second-order valence-electron chi connectivity index (χ2n) is 6.29. The van der Waals surface area contributed by atoms with Gasteiger partial charge in [-0.25, -0.2) is 4.79 Å². The molecule has 1 aliphatic rings. The molecule has 0 radical (unpaired) electrons. The number of rotatable bonds is 6. The van der Waals surface area contributed by atoms with Crippen LogP contribution in [0.1, 0.15) is 37.8 Å². The molecule has 9 heteroatoms. The van der Waals surface area contributed by atoms with E-state index in [2.05, 4.69) is 24.8 Å². The zero-order valence-electron chi connectivity index (χ0n) is 15.2. The van der Waals surface area contributed by atoms with E-state index in [0.717, 1.165) is 38.1 Å². The summed E-state index contributed by atoms with van der Waals surface area (Å²) in [5.41, 5.74) is 0.563. The fraction of sp³-hybridized carbons (Fsp3) is 0.500. The molecule has 7 nitrogen and oxygen atoms in total. The van der Waals surface area contributed by atoms with Crippen LogP contribution >= 0.6 is 0 Å². The fourth-order valence-electron chi connectivity index (χ4n) is 3.14. The van der Waals surface area contributed by atoms with Crippen molar-refractivity contribution in [1.29, 1.82) is 0 Å². The lowest BCUT2D eigenvalue weighted by atomic mass is 10.2. The first kappa shape index (κ1) is 19.1. The molecule has 0 atom stereocenters. The van der Waals surface area contributed by atoms with Crippen LogP contribution in [0.2, 0.25) is 0 Å². The van der Waals surface area contributed by atoms with E-state index in [1.54, 1.807) is 12.1 Å². The van der Waals surface area contributed by atoms with Crippen molar-refractivity contribution in [3.05, 3.63) is 35.9 Å². The number of carbonyl (C=O) groups excluding carboxylic acids is 1. The second kappa shape index (κ2) is 8.79. The van der Waals surface area contributed by atoms with Crippen molar-refractivity contribution in [1.82, 2.24) is 20.1 Å². The third kappa shape index (κ3) is 4.72. The highest BCUT2D eigenvalue weighted by Crippen LogP contribution is 2.23. The lowest BCUT2D eigenvalue weighted by Crippen LogP contribution is -2.40. The number of nitrogens with zero attached hydrogens (tertiary/aromatic N) is 4. The van der Waals surface area contributed by atoms with Crippen molar-refractivity contribution < 1.29 is 18.3 Å². The number of halogens is 2. The number of benzene rings is 1. The first-order valence-electron chi connectivity index (χ1n) is 9.09. The van der Waals surface area contributed by atoms with Crippen molar-refractivity contribution in [2.24, 2.45) is 0 Å². The number of aromatic nitrogens is 3. The predicted molar refractivity (Wildman–Crippen MR) is 95.9 cm³/mol. The molecule has 1 N–H and O–H groups in total. The van der Waals surface area contributed by atoms with E-state index in [1.165, 1.54) is 17.0 Å². The number of ether oxygens (including phenoxy) is 1. The lowest BCUT2D eigenvalue weighted by Gasteiger charge is -2.23. The van der Waals surface area contributed by atoms with Gasteiger partial charge in [-0.2, -0.15) is 8.78 Å². The van der Waals surface area contributed by atoms with Gasteiger partial charge in [0.1, 0.15) is 11.6 Å². The minimum atomic E-state index is -2.89. The minimum absolute atomic E-state index is 0.0425. The molecule has 0 saturated heterocycles. The number of fused-ring (bicyclic) bond motifs is 1. The maximum absolute atomic E-state index is 12.6. The molecule has 2 amide bonds. The van der Waals surface area contributed by atoms with Gasteiger partial charge in [0, 0.05) is 25.2 Å². The summed E-state index contributed by atoms with van der Waals surface area (Å²) in [7, 11) is 0. The number of amides is 2. The summed E-state index contributed by atoms with van der Waals surface area (Å²) in [6.45, 7) is 0.496. The molecule has 2 aromatic rings. The zero-order valence-corrected chi connectivity index (χ0v) is 15.2. The molecule has 0 saturated carbocycles. The predicted octanol–water partition coefficient (Wildman–Crippen LogP) is 3.34. The average molecular weight is 379 g/mol. The fourth-order valence-corrected chi connectivity index (χ4v) is 3.14. The molecule has 1 aliphatic heterocycles. The molecule has 0 spiro atoms. The van der Waals surface area contributed by atoms with Crippen LogP contribution < -0.4 is 15.0 Å². The van der Waals surface area contributed by atoms with Crippen LogP contribution in [0.25, 0.3) is 0 Å². The van der Waals surface area contributed by atoms with Gasteiger partial charge in [0.2, 0.25) is 0 Å². The number of alkyl halides is 2. The highest BCUT2D eigenvalue weighted by Gasteiger charge is 2.21. The Labute approximate surface area is 156 Å². The highest BCUT2D eigenvalue weighted by atomic mass is 19.3. The summed E-state index contributed by atoms with van der Waals surface area (Å²) in [5, 5.41) is 11.3. The number of carbonyl (C=O) groups is 1. The molecule has 0 aliphatic carbocycles. The summed E-state index contributed by atoms with van der Waals surface area (Å²) in [5.74, 6) is 1.70. The number of hydrogen-bond donors (Lipinski definition) is 1. The van der Waals surface area contributed by atoms with Crippen molar-refractivity contribution >= 4 is 11.7 Å². The van der Waals surface area contributed by atoms with E-state index >= 15 is 0 Å². The van der Waals surface area contributed by atoms with Crippen LogP contribution in [0, 0.1) is 0 Å². The van der Waals surface area contributed by atoms with Gasteiger partial charge < -0.3 is 14.6 Å². The zero-order chi connectivity index (χ0) is 19.2. The molecule has 27 heavy (non-hydrogen) atoms. The first-order valence-corrected chi connectivity index (χ1v) is 9.09. The Morgan fingerprint density at radius 2 is 2.04 bits per heavy atom. The summed E-state index contributed by atoms with van der Waals surface area (Å²) in [6, 6.07) is 5.70. The summed E-state index contributed by atoms with van der Waals surface area (Å²) in [6.07, 6.45) is 4.17. The van der Waals surface area contributed by atoms with Crippen molar-refractivity contribution in [3.8, 4) is 5.75 Å². The first-order chi connectivity index (χ1) is 13.1. The Morgan fingerprint density at radius 1 is 1.26 bits per heavy atom.